The number of carbonyl (C=O) groups excluding carboxylic acids is 2. The molecule has 6 nitrogen and oxygen atoms in total. The Hall–Kier alpha value is -2.67. The van der Waals surface area contributed by atoms with Crippen LogP contribution in [0.2, 0.25) is 0 Å². The molecule has 0 radical (unpaired) electrons. The first-order valence-corrected chi connectivity index (χ1v) is 8.41. The van der Waals surface area contributed by atoms with Gasteiger partial charge in [-0.2, -0.15) is 0 Å². The van der Waals surface area contributed by atoms with Crippen LogP contribution in [0.3, 0.4) is 0 Å². The molecule has 2 aromatic rings. The minimum atomic E-state index is -0.909. The Labute approximate surface area is 152 Å². The second-order valence-corrected chi connectivity index (χ2v) is 6.61. The summed E-state index contributed by atoms with van der Waals surface area (Å²) in [6.07, 6.45) is -0.909. The molecule has 1 saturated heterocycles. The third-order valence-electron chi connectivity index (χ3n) is 4.28. The fourth-order valence-electron chi connectivity index (χ4n) is 3.02. The van der Waals surface area contributed by atoms with Crippen LogP contribution in [0.4, 0.5) is 5.69 Å². The maximum absolute atomic E-state index is 12.9. The van der Waals surface area contributed by atoms with Crippen LogP contribution in [0.15, 0.2) is 58.2 Å². The van der Waals surface area contributed by atoms with Gasteiger partial charge in [-0.05, 0) is 36.4 Å². The van der Waals surface area contributed by atoms with Gasteiger partial charge in [0.25, 0.3) is 5.91 Å². The Morgan fingerprint density at radius 1 is 1.04 bits per heavy atom. The summed E-state index contributed by atoms with van der Waals surface area (Å²) >= 11 is 3.37. The van der Waals surface area contributed by atoms with Crippen LogP contribution in [-0.2, 0) is 14.4 Å². The topological polar surface area (TPSA) is 68.2 Å². The Kier molecular flexibility index (Phi) is 3.80. The third-order valence-corrected chi connectivity index (χ3v) is 4.81. The smallest absolute Gasteiger partial charge is 0.278 e. The van der Waals surface area contributed by atoms with E-state index in [4.69, 9.17) is 9.57 Å². The molecule has 4 rings (SSSR count). The lowest BCUT2D eigenvalue weighted by atomic mass is 9.94. The quantitative estimate of drug-likeness (QED) is 0.742. The van der Waals surface area contributed by atoms with Crippen molar-refractivity contribution in [3.8, 4) is 5.75 Å². The minimum absolute atomic E-state index is 0.334. The Morgan fingerprint density at radius 3 is 2.36 bits per heavy atom. The van der Waals surface area contributed by atoms with Crippen LogP contribution >= 0.6 is 15.9 Å². The minimum Gasteiger partial charge on any atom is -0.497 e. The van der Waals surface area contributed by atoms with E-state index in [0.717, 1.165) is 14.9 Å². The number of hydrogen-bond acceptors (Lipinski definition) is 5. The van der Waals surface area contributed by atoms with Crippen molar-refractivity contribution in [1.82, 2.24) is 0 Å². The number of imide groups is 1. The van der Waals surface area contributed by atoms with Crippen LogP contribution in [0.25, 0.3) is 0 Å². The molecule has 0 unspecified atom stereocenters. The van der Waals surface area contributed by atoms with E-state index in [9.17, 15) is 9.59 Å². The molecule has 0 aromatic heterocycles. The van der Waals surface area contributed by atoms with Crippen LogP contribution < -0.4 is 9.64 Å². The van der Waals surface area contributed by atoms with E-state index in [0.29, 0.717) is 17.1 Å². The largest absolute Gasteiger partial charge is 0.497 e. The number of fused-ring (bicyclic) bond motifs is 1. The van der Waals surface area contributed by atoms with Crippen LogP contribution in [0, 0.1) is 5.92 Å². The van der Waals surface area contributed by atoms with E-state index in [-0.39, 0.29) is 5.91 Å². The van der Waals surface area contributed by atoms with Gasteiger partial charge in [-0.1, -0.05) is 33.2 Å². The van der Waals surface area contributed by atoms with Gasteiger partial charge in [0.15, 0.2) is 0 Å². The van der Waals surface area contributed by atoms with Gasteiger partial charge in [0.1, 0.15) is 17.4 Å². The van der Waals surface area contributed by atoms with Gasteiger partial charge in [-0.3, -0.25) is 9.59 Å². The molecule has 0 aliphatic carbocycles. The van der Waals surface area contributed by atoms with Crippen LogP contribution in [0.1, 0.15) is 5.56 Å². The van der Waals surface area contributed by atoms with Gasteiger partial charge < -0.3 is 9.57 Å². The summed E-state index contributed by atoms with van der Waals surface area (Å²) in [5.41, 5.74) is 1.73. The predicted molar refractivity (Wildman–Crippen MR) is 94.5 cm³/mol. The van der Waals surface area contributed by atoms with E-state index in [2.05, 4.69) is 21.1 Å². The monoisotopic (exact) mass is 400 g/mol. The van der Waals surface area contributed by atoms with Crippen molar-refractivity contribution in [2.24, 2.45) is 11.1 Å². The van der Waals surface area contributed by atoms with Crippen molar-refractivity contribution < 1.29 is 19.2 Å². The van der Waals surface area contributed by atoms with Gasteiger partial charge in [-0.25, -0.2) is 4.90 Å². The average molecular weight is 401 g/mol. The Bertz CT molecular complexity index is 877. The second kappa shape index (κ2) is 6.00. The lowest BCUT2D eigenvalue weighted by Gasteiger charge is -2.15. The highest BCUT2D eigenvalue weighted by atomic mass is 79.9. The van der Waals surface area contributed by atoms with Gasteiger partial charge in [0, 0.05) is 10.0 Å². The highest BCUT2D eigenvalue weighted by Crippen LogP contribution is 2.35. The molecular formula is C18H13BrN2O4. The Morgan fingerprint density at radius 2 is 1.72 bits per heavy atom. The molecule has 1 fully saturated rings. The number of anilines is 1. The lowest BCUT2D eigenvalue weighted by molar-refractivity contribution is -0.126. The predicted octanol–water partition coefficient (Wildman–Crippen LogP) is 2.75. The summed E-state index contributed by atoms with van der Waals surface area (Å²) in [6.45, 7) is 0. The molecule has 0 N–H and O–H groups in total. The van der Waals surface area contributed by atoms with Crippen LogP contribution in [0.5, 0.6) is 5.75 Å². The molecular weight excluding hydrogens is 388 g/mol. The van der Waals surface area contributed by atoms with Crippen molar-refractivity contribution in [2.75, 3.05) is 12.0 Å². The molecule has 2 heterocycles. The Balaban J connectivity index is 1.67. The van der Waals surface area contributed by atoms with Crippen molar-refractivity contribution in [2.45, 2.75) is 6.10 Å². The van der Waals surface area contributed by atoms with E-state index in [1.165, 1.54) is 0 Å². The molecule has 2 amide bonds. The summed E-state index contributed by atoms with van der Waals surface area (Å²) in [4.78, 5) is 32.0. The van der Waals surface area contributed by atoms with Gasteiger partial charge in [0.2, 0.25) is 12.0 Å². The number of rotatable bonds is 3. The van der Waals surface area contributed by atoms with Gasteiger partial charge in [-0.15, -0.1) is 0 Å². The SMILES string of the molecule is COc1ccc(N2C(=O)[C@H]3C(c4ccc(Br)cc4)=NO[C@@H]3C2=O)cc1. The molecule has 7 heteroatoms. The number of methoxy groups -OCH3 is 1. The standard InChI is InChI=1S/C18H13BrN2O4/c1-24-13-8-6-12(7-9-13)21-17(22)14-15(20-25-16(14)18(21)23)10-2-4-11(19)5-3-10/h2-9,14,16H,1H3/t14-,16-/m0/s1. The number of amides is 2. The highest BCUT2D eigenvalue weighted by molar-refractivity contribution is 9.10. The van der Waals surface area contributed by atoms with E-state index >= 15 is 0 Å². The fourth-order valence-corrected chi connectivity index (χ4v) is 3.29. The van der Waals surface area contributed by atoms with Crippen molar-refractivity contribution in [1.29, 1.82) is 0 Å². The molecule has 0 spiro atoms. The first kappa shape index (κ1) is 15.8. The van der Waals surface area contributed by atoms with E-state index in [1.54, 1.807) is 31.4 Å². The average Bonchev–Trinajstić information content (AvgIpc) is 3.17. The number of hydrogen-bond donors (Lipinski definition) is 0. The number of nitrogens with zero attached hydrogens (tertiary/aromatic N) is 2. The van der Waals surface area contributed by atoms with Gasteiger partial charge in [0.05, 0.1) is 12.8 Å². The maximum atomic E-state index is 12.9. The summed E-state index contributed by atoms with van der Waals surface area (Å²) < 4.78 is 6.03. The van der Waals surface area contributed by atoms with E-state index < -0.39 is 17.9 Å². The van der Waals surface area contributed by atoms with Crippen molar-refractivity contribution in [3.05, 3.63) is 58.6 Å². The number of ether oxygens (including phenoxy) is 1. The maximum Gasteiger partial charge on any atom is 0.278 e. The summed E-state index contributed by atoms with van der Waals surface area (Å²) in [5, 5.41) is 3.99. The molecule has 2 atom stereocenters. The first-order valence-electron chi connectivity index (χ1n) is 7.61. The number of halogens is 1. The molecule has 2 aliphatic heterocycles. The normalized spacial score (nSPS) is 21.8. The molecule has 126 valence electrons. The molecule has 0 bridgehead atoms. The second-order valence-electron chi connectivity index (χ2n) is 5.70. The highest BCUT2D eigenvalue weighted by Gasteiger charge is 2.56. The van der Waals surface area contributed by atoms with Crippen LogP contribution in [-0.4, -0.2) is 30.7 Å². The molecule has 0 saturated carbocycles. The third kappa shape index (κ3) is 2.51. The zero-order valence-electron chi connectivity index (χ0n) is 13.2. The lowest BCUT2D eigenvalue weighted by Crippen LogP contribution is -2.33. The van der Waals surface area contributed by atoms with Crippen molar-refractivity contribution >= 4 is 39.1 Å². The molecule has 2 aromatic carbocycles. The summed E-state index contributed by atoms with van der Waals surface area (Å²) in [5.74, 6) is -0.817. The zero-order valence-corrected chi connectivity index (χ0v) is 14.8. The van der Waals surface area contributed by atoms with Crippen molar-refractivity contribution in [3.63, 3.8) is 0 Å². The number of oxime groups is 1. The summed E-state index contributed by atoms with van der Waals surface area (Å²) in [6, 6.07) is 14.1. The first-order chi connectivity index (χ1) is 12.1. The molecule has 2 aliphatic rings. The fraction of sp³-hybridized carbons (Fsp3) is 0.167. The summed E-state index contributed by atoms with van der Waals surface area (Å²) in [7, 11) is 1.56. The number of benzene rings is 2. The van der Waals surface area contributed by atoms with E-state index in [1.807, 2.05) is 24.3 Å². The molecule has 25 heavy (non-hydrogen) atoms. The van der Waals surface area contributed by atoms with Gasteiger partial charge >= 0.3 is 0 Å². The zero-order chi connectivity index (χ0) is 17.6. The number of carbonyl (C=O) groups is 2.